The number of carbonyl (C=O) groups excluding carboxylic acids is 3. The Labute approximate surface area is 216 Å². The number of hydrogen-bond acceptors (Lipinski definition) is 6. The Balaban J connectivity index is 1.74. The van der Waals surface area contributed by atoms with Crippen LogP contribution in [0.4, 0.5) is 5.69 Å². The third kappa shape index (κ3) is 3.66. The number of likely N-dealkylation sites (tertiary alicyclic amines) is 1. The summed E-state index contributed by atoms with van der Waals surface area (Å²) in [5, 5.41) is 11.7. The Kier molecular flexibility index (Phi) is 6.15. The van der Waals surface area contributed by atoms with Crippen LogP contribution in [0, 0.1) is 0 Å². The number of anilines is 1. The molecule has 1 fully saturated rings. The predicted molar refractivity (Wildman–Crippen MR) is 140 cm³/mol. The summed E-state index contributed by atoms with van der Waals surface area (Å²) < 4.78 is 5.78. The van der Waals surface area contributed by atoms with Crippen molar-refractivity contribution in [2.75, 3.05) is 38.6 Å². The minimum atomic E-state index is -1.76. The summed E-state index contributed by atoms with van der Waals surface area (Å²) in [4.78, 5) is 46.4. The van der Waals surface area contributed by atoms with Crippen molar-refractivity contribution in [2.24, 2.45) is 0 Å². The van der Waals surface area contributed by atoms with Gasteiger partial charge in [0.2, 0.25) is 0 Å². The van der Waals surface area contributed by atoms with Gasteiger partial charge in [-0.1, -0.05) is 24.3 Å². The van der Waals surface area contributed by atoms with Gasteiger partial charge >= 0.3 is 0 Å². The summed E-state index contributed by atoms with van der Waals surface area (Å²) in [6, 6.07) is 12.3. The van der Waals surface area contributed by atoms with E-state index < -0.39 is 23.1 Å². The molecule has 3 aliphatic rings. The zero-order valence-electron chi connectivity index (χ0n) is 21.4. The molecule has 0 aliphatic carbocycles. The highest BCUT2D eigenvalue weighted by molar-refractivity contribution is 6.50. The van der Waals surface area contributed by atoms with Gasteiger partial charge in [-0.2, -0.15) is 0 Å². The van der Waals surface area contributed by atoms with Crippen LogP contribution < -0.4 is 9.64 Å². The first kappa shape index (κ1) is 24.8. The van der Waals surface area contributed by atoms with E-state index in [2.05, 4.69) is 6.58 Å². The number of aliphatic hydroxyl groups excluding tert-OH is 1. The lowest BCUT2D eigenvalue weighted by atomic mass is 9.81. The van der Waals surface area contributed by atoms with Crippen LogP contribution in [-0.4, -0.2) is 72.3 Å². The third-order valence-electron chi connectivity index (χ3n) is 7.28. The number of ketones is 1. The monoisotopic (exact) mass is 501 g/mol. The molecule has 3 heterocycles. The molecule has 0 saturated carbocycles. The number of fused-ring (bicyclic) bond motifs is 3. The molecule has 0 aromatic heterocycles. The quantitative estimate of drug-likeness (QED) is 0.272. The molecule has 0 unspecified atom stereocenters. The van der Waals surface area contributed by atoms with E-state index in [1.807, 2.05) is 25.9 Å². The fourth-order valence-electron chi connectivity index (χ4n) is 5.74. The van der Waals surface area contributed by atoms with Crippen LogP contribution in [0.1, 0.15) is 30.0 Å². The molecule has 8 nitrogen and oxygen atoms in total. The van der Waals surface area contributed by atoms with Crippen LogP contribution >= 0.6 is 0 Å². The standard InChI is InChI=1S/C29H31N3O5/c1-5-13-31-22-10-7-6-9-21(22)29(28(31)36)24(26(34)27(35)32(29)15-8-14-30(3)4)25(33)19-11-12-23-20(17-19)16-18(2)37-23/h5-7,9-12,17-18,33H,1,8,13-16H2,2-4H3/t18-,29-/m1/s1. The molecule has 8 heteroatoms. The van der Waals surface area contributed by atoms with Crippen molar-refractivity contribution in [1.82, 2.24) is 9.80 Å². The number of benzene rings is 2. The summed E-state index contributed by atoms with van der Waals surface area (Å²) in [5.41, 5.74) is 0.414. The zero-order valence-corrected chi connectivity index (χ0v) is 21.4. The number of hydrogen-bond donors (Lipinski definition) is 1. The van der Waals surface area contributed by atoms with E-state index in [0.29, 0.717) is 36.2 Å². The molecule has 3 aliphatic heterocycles. The first-order valence-corrected chi connectivity index (χ1v) is 12.5. The minimum absolute atomic E-state index is 0.00372. The average molecular weight is 502 g/mol. The van der Waals surface area contributed by atoms with E-state index >= 15 is 0 Å². The first-order valence-electron chi connectivity index (χ1n) is 12.5. The number of amides is 2. The number of rotatable bonds is 7. The summed E-state index contributed by atoms with van der Waals surface area (Å²) >= 11 is 0. The van der Waals surface area contributed by atoms with Crippen LogP contribution in [-0.2, 0) is 26.3 Å². The van der Waals surface area contributed by atoms with Crippen molar-refractivity contribution < 1.29 is 24.2 Å². The third-order valence-corrected chi connectivity index (χ3v) is 7.28. The lowest BCUT2D eigenvalue weighted by Gasteiger charge is -2.34. The highest BCUT2D eigenvalue weighted by atomic mass is 16.5. The molecule has 1 saturated heterocycles. The lowest BCUT2D eigenvalue weighted by molar-refractivity contribution is -0.143. The van der Waals surface area contributed by atoms with Crippen molar-refractivity contribution in [3.8, 4) is 5.75 Å². The highest BCUT2D eigenvalue weighted by Gasteiger charge is 2.66. The number of Topliss-reactive ketones (excluding diaryl/α,β-unsaturated/α-hetero) is 1. The van der Waals surface area contributed by atoms with Gasteiger partial charge in [0.15, 0.2) is 5.54 Å². The van der Waals surface area contributed by atoms with Crippen molar-refractivity contribution in [2.45, 2.75) is 31.4 Å². The van der Waals surface area contributed by atoms with Gasteiger partial charge in [-0.3, -0.25) is 14.4 Å². The zero-order chi connectivity index (χ0) is 26.5. The molecule has 37 heavy (non-hydrogen) atoms. The van der Waals surface area contributed by atoms with Gasteiger partial charge in [0.1, 0.15) is 17.6 Å². The molecule has 2 amide bonds. The molecule has 2 aromatic rings. The van der Waals surface area contributed by atoms with E-state index in [0.717, 1.165) is 11.3 Å². The van der Waals surface area contributed by atoms with Gasteiger partial charge in [0.25, 0.3) is 17.6 Å². The topological polar surface area (TPSA) is 90.4 Å². The van der Waals surface area contributed by atoms with Crippen molar-refractivity contribution in [1.29, 1.82) is 0 Å². The van der Waals surface area contributed by atoms with Crippen LogP contribution in [0.3, 0.4) is 0 Å². The summed E-state index contributed by atoms with van der Waals surface area (Å²) in [6.07, 6.45) is 2.82. The Hall–Kier alpha value is -3.91. The normalized spacial score (nSPS) is 23.7. The summed E-state index contributed by atoms with van der Waals surface area (Å²) in [5.74, 6) is -1.74. The minimum Gasteiger partial charge on any atom is -0.507 e. The van der Waals surface area contributed by atoms with Crippen molar-refractivity contribution in [3.05, 3.63) is 77.4 Å². The molecule has 2 aromatic carbocycles. The Morgan fingerprint density at radius 3 is 2.70 bits per heavy atom. The maximum Gasteiger partial charge on any atom is 0.296 e. The molecule has 0 radical (unpaired) electrons. The van der Waals surface area contributed by atoms with E-state index in [1.165, 1.54) is 9.80 Å². The Morgan fingerprint density at radius 1 is 1.22 bits per heavy atom. The largest absolute Gasteiger partial charge is 0.507 e. The molecule has 192 valence electrons. The average Bonchev–Trinajstić information content (AvgIpc) is 3.44. The van der Waals surface area contributed by atoms with Crippen LogP contribution in [0.2, 0.25) is 0 Å². The van der Waals surface area contributed by atoms with Gasteiger partial charge in [-0.25, -0.2) is 0 Å². The number of ether oxygens (including phenoxy) is 1. The second-order valence-electron chi connectivity index (χ2n) is 10.1. The summed E-state index contributed by atoms with van der Waals surface area (Å²) in [7, 11) is 3.84. The van der Waals surface area contributed by atoms with Crippen molar-refractivity contribution >= 4 is 29.0 Å². The smallest absolute Gasteiger partial charge is 0.296 e. The van der Waals surface area contributed by atoms with E-state index in [-0.39, 0.29) is 30.5 Å². The lowest BCUT2D eigenvalue weighted by Crippen LogP contribution is -2.52. The van der Waals surface area contributed by atoms with Gasteiger partial charge < -0.3 is 24.5 Å². The van der Waals surface area contributed by atoms with E-state index in [1.54, 1.807) is 48.5 Å². The van der Waals surface area contributed by atoms with Gasteiger partial charge in [-0.15, -0.1) is 6.58 Å². The molecule has 2 atom stereocenters. The number of aliphatic hydroxyl groups is 1. The van der Waals surface area contributed by atoms with Gasteiger partial charge in [0.05, 0.1) is 11.3 Å². The Morgan fingerprint density at radius 2 is 1.97 bits per heavy atom. The first-order chi connectivity index (χ1) is 17.7. The Bertz CT molecular complexity index is 1350. The van der Waals surface area contributed by atoms with Crippen LogP contribution in [0.15, 0.2) is 60.7 Å². The summed E-state index contributed by atoms with van der Waals surface area (Å²) in [6.45, 7) is 6.78. The second-order valence-corrected chi connectivity index (χ2v) is 10.1. The second kappa shape index (κ2) is 9.19. The molecular weight excluding hydrogens is 470 g/mol. The fraction of sp³-hybridized carbons (Fsp3) is 0.345. The van der Waals surface area contributed by atoms with Crippen molar-refractivity contribution in [3.63, 3.8) is 0 Å². The highest BCUT2D eigenvalue weighted by Crippen LogP contribution is 2.53. The van der Waals surface area contributed by atoms with E-state index in [9.17, 15) is 19.5 Å². The maximum atomic E-state index is 14.3. The molecule has 1 spiro atoms. The van der Waals surface area contributed by atoms with Gasteiger partial charge in [-0.05, 0) is 63.8 Å². The van der Waals surface area contributed by atoms with E-state index in [4.69, 9.17) is 4.74 Å². The number of carbonyl (C=O) groups is 3. The number of nitrogens with zero attached hydrogens (tertiary/aromatic N) is 3. The molecule has 1 N–H and O–H groups in total. The SMILES string of the molecule is C=CCN1C(=O)[C@]2(C(=C(O)c3ccc4c(c3)C[C@@H](C)O4)C(=O)C(=O)N2CCCN(C)C)c2ccccc21. The number of para-hydroxylation sites is 1. The molecule has 0 bridgehead atoms. The van der Waals surface area contributed by atoms with Crippen LogP contribution in [0.25, 0.3) is 5.76 Å². The maximum absolute atomic E-state index is 14.3. The van der Waals surface area contributed by atoms with Gasteiger partial charge in [0, 0.05) is 30.6 Å². The molecular formula is C29H31N3O5. The molecule has 5 rings (SSSR count). The fourth-order valence-corrected chi connectivity index (χ4v) is 5.74. The van der Waals surface area contributed by atoms with Crippen LogP contribution in [0.5, 0.6) is 5.75 Å². The predicted octanol–water partition coefficient (Wildman–Crippen LogP) is 3.07.